The summed E-state index contributed by atoms with van der Waals surface area (Å²) in [6.07, 6.45) is 1.96. The highest BCUT2D eigenvalue weighted by molar-refractivity contribution is 7.85. The predicted octanol–water partition coefficient (Wildman–Crippen LogP) is 6.94. The maximum atomic E-state index is 13.8. The highest BCUT2D eigenvalue weighted by Gasteiger charge is 2.22. The van der Waals surface area contributed by atoms with E-state index < -0.39 is 27.7 Å². The molecule has 0 fully saturated rings. The number of anilines is 1. The summed E-state index contributed by atoms with van der Waals surface area (Å²) in [4.78, 5) is 26.2. The molecule has 1 atom stereocenters. The van der Waals surface area contributed by atoms with Gasteiger partial charge in [-0.1, -0.05) is 54.6 Å². The second kappa shape index (κ2) is 13.3. The zero-order valence-electron chi connectivity index (χ0n) is 24.6. The van der Waals surface area contributed by atoms with Gasteiger partial charge in [-0.05, 0) is 78.2 Å². The molecule has 9 nitrogen and oxygen atoms in total. The maximum Gasteiger partial charge on any atom is 0.266 e. The molecule has 0 radical (unpaired) electrons. The molecular formula is C36H30N2O7S. The molecule has 1 unspecified atom stereocenters. The average molecular weight is 635 g/mol. The number of carbonyl (C=O) groups excluding carboxylic acids is 2. The Labute approximate surface area is 265 Å². The van der Waals surface area contributed by atoms with Crippen LogP contribution in [0.25, 0.3) is 33.6 Å². The fourth-order valence-corrected chi connectivity index (χ4v) is 5.54. The first-order valence-corrected chi connectivity index (χ1v) is 16.2. The van der Waals surface area contributed by atoms with Crippen molar-refractivity contribution in [3.8, 4) is 22.6 Å². The van der Waals surface area contributed by atoms with Crippen LogP contribution in [0.3, 0.4) is 0 Å². The van der Waals surface area contributed by atoms with Crippen LogP contribution in [0.2, 0.25) is 0 Å². The van der Waals surface area contributed by atoms with Gasteiger partial charge in [0.05, 0.1) is 17.9 Å². The first-order valence-electron chi connectivity index (χ1n) is 14.6. The second-order valence-electron chi connectivity index (χ2n) is 10.8. The van der Waals surface area contributed by atoms with Crippen LogP contribution in [0, 0.1) is 0 Å². The van der Waals surface area contributed by atoms with Gasteiger partial charge in [0.15, 0.2) is 0 Å². The van der Waals surface area contributed by atoms with Crippen molar-refractivity contribution in [3.05, 3.63) is 138 Å². The molecule has 0 bridgehead atoms. The number of benzene rings is 4. The van der Waals surface area contributed by atoms with Crippen LogP contribution >= 0.6 is 0 Å². The van der Waals surface area contributed by atoms with Crippen LogP contribution in [0.4, 0.5) is 5.69 Å². The van der Waals surface area contributed by atoms with Gasteiger partial charge in [-0.3, -0.25) is 14.1 Å². The Morgan fingerprint density at radius 1 is 0.783 bits per heavy atom. The lowest BCUT2D eigenvalue weighted by molar-refractivity contribution is -0.117. The van der Waals surface area contributed by atoms with Gasteiger partial charge >= 0.3 is 0 Å². The molecule has 10 heteroatoms. The van der Waals surface area contributed by atoms with Crippen molar-refractivity contribution in [2.24, 2.45) is 0 Å². The smallest absolute Gasteiger partial charge is 0.266 e. The van der Waals surface area contributed by atoms with E-state index in [-0.39, 0.29) is 12.5 Å². The van der Waals surface area contributed by atoms with Crippen LogP contribution in [0.5, 0.6) is 0 Å². The third kappa shape index (κ3) is 7.43. The van der Waals surface area contributed by atoms with E-state index in [9.17, 15) is 18.0 Å². The van der Waals surface area contributed by atoms with Crippen LogP contribution in [-0.4, -0.2) is 37.1 Å². The quantitative estimate of drug-likeness (QED) is 0.131. The van der Waals surface area contributed by atoms with Gasteiger partial charge in [-0.15, -0.1) is 0 Å². The van der Waals surface area contributed by atoms with E-state index >= 15 is 0 Å². The molecule has 6 rings (SSSR count). The molecule has 4 aromatic carbocycles. The minimum Gasteiger partial charge on any atom is -0.464 e. The van der Waals surface area contributed by atoms with Gasteiger partial charge in [0.1, 0.15) is 17.1 Å². The van der Waals surface area contributed by atoms with Gasteiger partial charge in [-0.2, -0.15) is 8.42 Å². The highest BCUT2D eigenvalue weighted by Crippen LogP contribution is 2.30. The normalized spacial score (nSPS) is 12.1. The summed E-state index contributed by atoms with van der Waals surface area (Å²) in [6, 6.07) is 35.4. The van der Waals surface area contributed by atoms with E-state index in [0.717, 1.165) is 44.7 Å². The number of nitrogens with one attached hydrogen (secondary N) is 2. The topological polar surface area (TPSA) is 139 Å². The molecule has 0 saturated heterocycles. The number of carbonyl (C=O) groups is 2. The Balaban J connectivity index is 1.19. The Hall–Kier alpha value is -5.45. The number of hydrogen-bond donors (Lipinski definition) is 3. The molecule has 46 heavy (non-hydrogen) atoms. The second-order valence-corrected chi connectivity index (χ2v) is 12.4. The minimum absolute atomic E-state index is 0.200. The molecule has 2 amide bonds. The number of fused-ring (bicyclic) bond motifs is 1. The standard InChI is InChI=1S/C36H30N2O7S/c39-35(37-19-21-46(41,42)43)28-9-7-24(8-10-28)22-31(25-11-13-26(14-12-25)32-6-3-20-44-32)36(40)38-30-17-15-27(16-18-30)34-23-29-4-1-2-5-33(29)45-34/h1-18,20,23,31H,19,21-22H2,(H,37,39)(H,38,40)(H,41,42,43). The van der Waals surface area contributed by atoms with Crippen LogP contribution in [0.1, 0.15) is 27.4 Å². The Bertz CT molecular complexity index is 2030. The monoisotopic (exact) mass is 634 g/mol. The van der Waals surface area contributed by atoms with Crippen LogP contribution in [-0.2, 0) is 21.3 Å². The molecule has 0 saturated carbocycles. The van der Waals surface area contributed by atoms with Gasteiger partial charge in [0.2, 0.25) is 5.91 Å². The van der Waals surface area contributed by atoms with E-state index in [0.29, 0.717) is 17.7 Å². The summed E-state index contributed by atoms with van der Waals surface area (Å²) in [5, 5.41) is 6.54. The first-order chi connectivity index (χ1) is 22.2. The largest absolute Gasteiger partial charge is 0.464 e. The molecule has 0 aliphatic carbocycles. The summed E-state index contributed by atoms with van der Waals surface area (Å²) in [5.74, 6) is -0.338. The summed E-state index contributed by atoms with van der Waals surface area (Å²) in [5.41, 5.74) is 5.18. The Morgan fingerprint density at radius 3 is 2.15 bits per heavy atom. The Kier molecular flexibility index (Phi) is 8.82. The van der Waals surface area contributed by atoms with E-state index in [2.05, 4.69) is 10.6 Å². The number of hydrogen-bond acceptors (Lipinski definition) is 6. The summed E-state index contributed by atoms with van der Waals surface area (Å²) >= 11 is 0. The average Bonchev–Trinajstić information content (AvgIpc) is 3.75. The predicted molar refractivity (Wildman–Crippen MR) is 176 cm³/mol. The molecular weight excluding hydrogens is 604 g/mol. The zero-order chi connectivity index (χ0) is 32.1. The fourth-order valence-electron chi connectivity index (χ4n) is 5.18. The molecule has 0 aliphatic heterocycles. The lowest BCUT2D eigenvalue weighted by Crippen LogP contribution is -2.28. The van der Waals surface area contributed by atoms with E-state index in [4.69, 9.17) is 13.4 Å². The van der Waals surface area contributed by atoms with Gasteiger partial charge in [0, 0.05) is 34.3 Å². The van der Waals surface area contributed by atoms with Crippen molar-refractivity contribution in [2.75, 3.05) is 17.6 Å². The Morgan fingerprint density at radius 2 is 1.48 bits per heavy atom. The SMILES string of the molecule is O=C(NCCS(=O)(=O)O)c1ccc(CC(C(=O)Nc2ccc(-c3cc4ccccc4o3)cc2)c2ccc(-c3ccco3)cc2)cc1. The van der Waals surface area contributed by atoms with E-state index in [1.54, 1.807) is 30.5 Å². The summed E-state index contributed by atoms with van der Waals surface area (Å²) < 4.78 is 42.2. The van der Waals surface area contributed by atoms with Crippen molar-refractivity contribution in [1.29, 1.82) is 0 Å². The van der Waals surface area contributed by atoms with Crippen molar-refractivity contribution >= 4 is 38.6 Å². The van der Waals surface area contributed by atoms with E-state index in [1.165, 1.54) is 0 Å². The highest BCUT2D eigenvalue weighted by atomic mass is 32.2. The van der Waals surface area contributed by atoms with Crippen LogP contribution < -0.4 is 10.6 Å². The molecule has 6 aromatic rings. The molecule has 2 heterocycles. The third-order valence-corrected chi connectivity index (χ3v) is 8.32. The molecule has 232 valence electrons. The maximum absolute atomic E-state index is 13.8. The number of amides is 2. The lowest BCUT2D eigenvalue weighted by atomic mass is 9.90. The molecule has 2 aromatic heterocycles. The van der Waals surface area contributed by atoms with Gasteiger partial charge in [0.25, 0.3) is 16.0 Å². The third-order valence-electron chi connectivity index (χ3n) is 7.60. The number of furan rings is 2. The summed E-state index contributed by atoms with van der Waals surface area (Å²) in [6.45, 7) is -0.213. The van der Waals surface area contributed by atoms with Crippen LogP contribution in [0.15, 0.2) is 130 Å². The van der Waals surface area contributed by atoms with Crippen molar-refractivity contribution in [3.63, 3.8) is 0 Å². The first kappa shape index (κ1) is 30.6. The van der Waals surface area contributed by atoms with Gasteiger partial charge in [-0.25, -0.2) is 0 Å². The van der Waals surface area contributed by atoms with E-state index in [1.807, 2.05) is 91.0 Å². The molecule has 3 N–H and O–H groups in total. The van der Waals surface area contributed by atoms with Crippen molar-refractivity contribution < 1.29 is 31.4 Å². The fraction of sp³-hybridized carbons (Fsp3) is 0.111. The zero-order valence-corrected chi connectivity index (χ0v) is 25.4. The molecule has 0 spiro atoms. The minimum atomic E-state index is -4.18. The number of para-hydroxylation sites is 1. The molecule has 0 aliphatic rings. The number of rotatable bonds is 11. The van der Waals surface area contributed by atoms with Crippen molar-refractivity contribution in [1.82, 2.24) is 5.32 Å². The van der Waals surface area contributed by atoms with Gasteiger partial charge < -0.3 is 19.5 Å². The lowest BCUT2D eigenvalue weighted by Gasteiger charge is -2.18. The van der Waals surface area contributed by atoms with Crippen molar-refractivity contribution in [2.45, 2.75) is 12.3 Å². The summed E-state index contributed by atoms with van der Waals surface area (Å²) in [7, 11) is -4.18.